The minimum Gasteiger partial charge on any atom is -0.381 e. The summed E-state index contributed by atoms with van der Waals surface area (Å²) in [5, 5.41) is 7.91. The van der Waals surface area contributed by atoms with Crippen molar-refractivity contribution in [2.24, 2.45) is 7.05 Å². The first kappa shape index (κ1) is 12.7. The Morgan fingerprint density at radius 2 is 2.06 bits per heavy atom. The van der Waals surface area contributed by atoms with Gasteiger partial charge in [0, 0.05) is 30.5 Å². The molecule has 0 unspecified atom stereocenters. The molecule has 96 valence electrons. The minimum absolute atomic E-state index is 0.832. The Morgan fingerprint density at radius 1 is 1.28 bits per heavy atom. The number of hydrogen-bond donors (Lipinski definition) is 1. The third-order valence-corrected chi connectivity index (χ3v) is 3.46. The van der Waals surface area contributed by atoms with Crippen LogP contribution in [-0.2, 0) is 20.0 Å². The van der Waals surface area contributed by atoms with Gasteiger partial charge in [-0.1, -0.05) is 19.1 Å². The summed E-state index contributed by atoms with van der Waals surface area (Å²) in [4.78, 5) is 0. The first-order valence-electron chi connectivity index (χ1n) is 6.43. The molecule has 0 atom stereocenters. The Labute approximate surface area is 109 Å². The Morgan fingerprint density at radius 3 is 2.67 bits per heavy atom. The molecule has 0 saturated carbocycles. The Bertz CT molecular complexity index is 541. The second-order valence-electron chi connectivity index (χ2n) is 4.68. The first-order chi connectivity index (χ1) is 8.61. The molecule has 2 aromatic rings. The van der Waals surface area contributed by atoms with E-state index < -0.39 is 0 Å². The van der Waals surface area contributed by atoms with E-state index in [1.807, 2.05) is 11.7 Å². The van der Waals surface area contributed by atoms with E-state index in [0.717, 1.165) is 18.7 Å². The van der Waals surface area contributed by atoms with Gasteiger partial charge in [-0.15, -0.1) is 0 Å². The van der Waals surface area contributed by atoms with Crippen LogP contribution >= 0.6 is 0 Å². The number of nitrogens with one attached hydrogen (secondary N) is 1. The first-order valence-corrected chi connectivity index (χ1v) is 6.43. The summed E-state index contributed by atoms with van der Waals surface area (Å²) >= 11 is 0. The molecule has 18 heavy (non-hydrogen) atoms. The Kier molecular flexibility index (Phi) is 3.70. The van der Waals surface area contributed by atoms with E-state index in [0.29, 0.717) is 0 Å². The highest BCUT2D eigenvalue weighted by Gasteiger charge is 2.08. The van der Waals surface area contributed by atoms with Crippen LogP contribution in [0, 0.1) is 13.8 Å². The summed E-state index contributed by atoms with van der Waals surface area (Å²) in [6.07, 6.45) is 1.07. The number of hydrogen-bond acceptors (Lipinski definition) is 2. The summed E-state index contributed by atoms with van der Waals surface area (Å²) in [5.41, 5.74) is 6.16. The van der Waals surface area contributed by atoms with Gasteiger partial charge in [0.2, 0.25) is 0 Å². The van der Waals surface area contributed by atoms with Crippen molar-refractivity contribution in [1.82, 2.24) is 9.78 Å². The van der Waals surface area contributed by atoms with E-state index in [1.165, 1.54) is 22.5 Å². The Balaban J connectivity index is 2.11. The van der Waals surface area contributed by atoms with Crippen LogP contribution in [0.25, 0.3) is 0 Å². The quantitative estimate of drug-likeness (QED) is 0.893. The van der Waals surface area contributed by atoms with Crippen molar-refractivity contribution < 1.29 is 0 Å². The largest absolute Gasteiger partial charge is 0.381 e. The molecule has 1 aromatic carbocycles. The van der Waals surface area contributed by atoms with Gasteiger partial charge in [-0.25, -0.2) is 0 Å². The van der Waals surface area contributed by atoms with Crippen LogP contribution in [0.4, 0.5) is 5.69 Å². The van der Waals surface area contributed by atoms with Gasteiger partial charge in [0.15, 0.2) is 0 Å². The van der Waals surface area contributed by atoms with Crippen molar-refractivity contribution in [2.75, 3.05) is 5.32 Å². The van der Waals surface area contributed by atoms with Gasteiger partial charge in [-0.05, 0) is 38.0 Å². The van der Waals surface area contributed by atoms with E-state index in [1.54, 1.807) is 0 Å². The van der Waals surface area contributed by atoms with Gasteiger partial charge in [-0.3, -0.25) is 4.68 Å². The minimum atomic E-state index is 0.832. The molecule has 3 heteroatoms. The summed E-state index contributed by atoms with van der Waals surface area (Å²) in [6.45, 7) is 7.18. The molecule has 1 aromatic heterocycles. The van der Waals surface area contributed by atoms with Crippen molar-refractivity contribution in [3.05, 3.63) is 46.8 Å². The molecule has 0 aliphatic carbocycles. The zero-order valence-electron chi connectivity index (χ0n) is 11.6. The highest BCUT2D eigenvalue weighted by molar-refractivity contribution is 5.46. The van der Waals surface area contributed by atoms with Crippen LogP contribution in [0.2, 0.25) is 0 Å². The number of nitrogens with zero attached hydrogens (tertiary/aromatic N) is 2. The number of anilines is 1. The average Bonchev–Trinajstić information content (AvgIpc) is 2.61. The van der Waals surface area contributed by atoms with Gasteiger partial charge in [0.1, 0.15) is 0 Å². The van der Waals surface area contributed by atoms with Crippen LogP contribution in [0.3, 0.4) is 0 Å². The third-order valence-electron chi connectivity index (χ3n) is 3.46. The second kappa shape index (κ2) is 5.25. The molecule has 0 radical (unpaired) electrons. The molecule has 0 fully saturated rings. The zero-order valence-corrected chi connectivity index (χ0v) is 11.6. The topological polar surface area (TPSA) is 29.9 Å². The molecule has 0 saturated heterocycles. The fraction of sp³-hybridized carbons (Fsp3) is 0.400. The third kappa shape index (κ3) is 2.55. The van der Waals surface area contributed by atoms with Crippen LogP contribution in [0.15, 0.2) is 24.3 Å². The summed E-state index contributed by atoms with van der Waals surface area (Å²) < 4.78 is 1.94. The Hall–Kier alpha value is -1.77. The van der Waals surface area contributed by atoms with E-state index in [4.69, 9.17) is 0 Å². The van der Waals surface area contributed by atoms with Crippen molar-refractivity contribution in [3.63, 3.8) is 0 Å². The standard InChI is InChI=1S/C15H21N3/c1-5-13-7-6-8-14(9-13)16-10-15-11(2)17-18(4)12(15)3/h6-9,16H,5,10H2,1-4H3. The van der Waals surface area contributed by atoms with E-state index in [9.17, 15) is 0 Å². The number of aryl methyl sites for hydroxylation is 3. The van der Waals surface area contributed by atoms with Crippen molar-refractivity contribution in [3.8, 4) is 0 Å². The number of benzene rings is 1. The SMILES string of the molecule is CCc1cccc(NCc2c(C)nn(C)c2C)c1. The van der Waals surface area contributed by atoms with Gasteiger partial charge in [0.05, 0.1) is 5.69 Å². The van der Waals surface area contributed by atoms with Crippen molar-refractivity contribution in [2.45, 2.75) is 33.7 Å². The maximum atomic E-state index is 4.43. The molecular formula is C15H21N3. The molecule has 1 N–H and O–H groups in total. The highest BCUT2D eigenvalue weighted by Crippen LogP contribution is 2.16. The molecule has 3 nitrogen and oxygen atoms in total. The monoisotopic (exact) mass is 243 g/mol. The van der Waals surface area contributed by atoms with Gasteiger partial charge >= 0.3 is 0 Å². The molecular weight excluding hydrogens is 222 g/mol. The van der Waals surface area contributed by atoms with Gasteiger partial charge < -0.3 is 5.32 Å². The van der Waals surface area contributed by atoms with Gasteiger partial charge in [-0.2, -0.15) is 5.10 Å². The van der Waals surface area contributed by atoms with Crippen LogP contribution < -0.4 is 5.32 Å². The summed E-state index contributed by atoms with van der Waals surface area (Å²) in [7, 11) is 1.99. The molecule has 2 rings (SSSR count). The molecule has 0 aliphatic rings. The summed E-state index contributed by atoms with van der Waals surface area (Å²) in [6, 6.07) is 8.58. The van der Waals surface area contributed by atoms with E-state index in [-0.39, 0.29) is 0 Å². The number of aromatic nitrogens is 2. The fourth-order valence-electron chi connectivity index (χ4n) is 2.16. The van der Waals surface area contributed by atoms with Crippen LogP contribution in [0.1, 0.15) is 29.4 Å². The van der Waals surface area contributed by atoms with Gasteiger partial charge in [0.25, 0.3) is 0 Å². The number of rotatable bonds is 4. The normalized spacial score (nSPS) is 10.7. The lowest BCUT2D eigenvalue weighted by Crippen LogP contribution is -2.02. The maximum absolute atomic E-state index is 4.43. The maximum Gasteiger partial charge on any atom is 0.0646 e. The predicted octanol–water partition coefficient (Wildman–Crippen LogP) is 3.21. The highest BCUT2D eigenvalue weighted by atomic mass is 15.3. The molecule has 0 bridgehead atoms. The lowest BCUT2D eigenvalue weighted by atomic mass is 10.1. The predicted molar refractivity (Wildman–Crippen MR) is 75.8 cm³/mol. The van der Waals surface area contributed by atoms with E-state index in [2.05, 4.69) is 55.5 Å². The van der Waals surface area contributed by atoms with Crippen molar-refractivity contribution in [1.29, 1.82) is 0 Å². The molecule has 0 aliphatic heterocycles. The lowest BCUT2D eigenvalue weighted by Gasteiger charge is -2.08. The summed E-state index contributed by atoms with van der Waals surface area (Å²) in [5.74, 6) is 0. The average molecular weight is 243 g/mol. The van der Waals surface area contributed by atoms with Crippen LogP contribution in [0.5, 0.6) is 0 Å². The smallest absolute Gasteiger partial charge is 0.0646 e. The molecule has 0 amide bonds. The van der Waals surface area contributed by atoms with Crippen molar-refractivity contribution >= 4 is 5.69 Å². The van der Waals surface area contributed by atoms with Crippen LogP contribution in [-0.4, -0.2) is 9.78 Å². The van der Waals surface area contributed by atoms with E-state index >= 15 is 0 Å². The fourth-order valence-corrected chi connectivity index (χ4v) is 2.16. The zero-order chi connectivity index (χ0) is 13.1. The molecule has 0 spiro atoms. The molecule has 1 heterocycles. The second-order valence-corrected chi connectivity index (χ2v) is 4.68. The lowest BCUT2D eigenvalue weighted by molar-refractivity contribution is 0.730.